The molecule has 0 saturated carbocycles. The smallest absolute Gasteiger partial charge is 0.0975 e. The first-order valence-corrected chi connectivity index (χ1v) is 5.45. The fourth-order valence-electron chi connectivity index (χ4n) is 1.72. The highest BCUT2D eigenvalue weighted by atomic mass is 32.1. The number of rotatable bonds is 2. The number of hydrogen-bond donors (Lipinski definition) is 1. The van der Waals surface area contributed by atoms with Gasteiger partial charge in [-0.25, -0.2) is 0 Å². The summed E-state index contributed by atoms with van der Waals surface area (Å²) in [6, 6.07) is 4.08. The van der Waals surface area contributed by atoms with Gasteiger partial charge in [0.05, 0.1) is 11.7 Å². The van der Waals surface area contributed by atoms with Crippen LogP contribution in [-0.2, 0) is 11.2 Å². The first-order chi connectivity index (χ1) is 6.21. The molecule has 2 nitrogen and oxygen atoms in total. The highest BCUT2D eigenvalue weighted by Gasteiger charge is 2.39. The Bertz CT molecular complexity index is 270. The molecule has 13 heavy (non-hydrogen) atoms. The van der Waals surface area contributed by atoms with Gasteiger partial charge >= 0.3 is 0 Å². The second kappa shape index (κ2) is 3.40. The van der Waals surface area contributed by atoms with Crippen molar-refractivity contribution in [3.05, 3.63) is 22.4 Å². The summed E-state index contributed by atoms with van der Waals surface area (Å²) in [5.41, 5.74) is -0.634. The molecule has 3 heteroatoms. The van der Waals surface area contributed by atoms with Crippen molar-refractivity contribution in [2.24, 2.45) is 0 Å². The monoisotopic (exact) mass is 198 g/mol. The van der Waals surface area contributed by atoms with E-state index in [-0.39, 0.29) is 6.10 Å². The van der Waals surface area contributed by atoms with Crippen LogP contribution in [-0.4, -0.2) is 23.4 Å². The quantitative estimate of drug-likeness (QED) is 0.785. The van der Waals surface area contributed by atoms with E-state index in [0.29, 0.717) is 6.61 Å². The van der Waals surface area contributed by atoms with Gasteiger partial charge < -0.3 is 9.84 Å². The van der Waals surface area contributed by atoms with Crippen LogP contribution in [0.3, 0.4) is 0 Å². The van der Waals surface area contributed by atoms with E-state index >= 15 is 0 Å². The van der Waals surface area contributed by atoms with Gasteiger partial charge in [-0.3, -0.25) is 0 Å². The Balaban J connectivity index is 2.08. The van der Waals surface area contributed by atoms with Crippen molar-refractivity contribution < 1.29 is 9.84 Å². The molecule has 0 aliphatic carbocycles. The minimum Gasteiger partial charge on any atom is -0.387 e. The predicted molar refractivity (Wildman–Crippen MR) is 53.0 cm³/mol. The van der Waals surface area contributed by atoms with E-state index in [1.165, 1.54) is 4.88 Å². The standard InChI is InChI=1S/C10H14O2S/c1-8-10(11,4-5-12-8)7-9-3-2-6-13-9/h2-3,6,8,11H,4-5,7H2,1H3. The number of ether oxygens (including phenoxy) is 1. The van der Waals surface area contributed by atoms with Crippen molar-refractivity contribution in [3.8, 4) is 0 Å². The van der Waals surface area contributed by atoms with Gasteiger partial charge in [-0.05, 0) is 18.4 Å². The number of thiophene rings is 1. The lowest BCUT2D eigenvalue weighted by Gasteiger charge is -2.25. The van der Waals surface area contributed by atoms with Crippen molar-refractivity contribution in [3.63, 3.8) is 0 Å². The largest absolute Gasteiger partial charge is 0.387 e. The Morgan fingerprint density at radius 3 is 3.15 bits per heavy atom. The number of aliphatic hydroxyl groups is 1. The lowest BCUT2D eigenvalue weighted by atomic mass is 9.92. The summed E-state index contributed by atoms with van der Waals surface area (Å²) in [6.45, 7) is 2.63. The van der Waals surface area contributed by atoms with Crippen LogP contribution in [0.1, 0.15) is 18.2 Å². The van der Waals surface area contributed by atoms with Crippen molar-refractivity contribution in [2.45, 2.75) is 31.5 Å². The van der Waals surface area contributed by atoms with Crippen LogP contribution in [0.15, 0.2) is 17.5 Å². The Morgan fingerprint density at radius 1 is 1.77 bits per heavy atom. The molecule has 72 valence electrons. The molecule has 1 saturated heterocycles. The molecule has 1 aliphatic rings. The third kappa shape index (κ3) is 1.77. The van der Waals surface area contributed by atoms with Crippen LogP contribution in [0.2, 0.25) is 0 Å². The Hall–Kier alpha value is -0.380. The van der Waals surface area contributed by atoms with Gasteiger partial charge in [0.25, 0.3) is 0 Å². The molecule has 1 aromatic heterocycles. The molecule has 0 spiro atoms. The van der Waals surface area contributed by atoms with Gasteiger partial charge in [0.15, 0.2) is 0 Å². The van der Waals surface area contributed by atoms with E-state index in [9.17, 15) is 5.11 Å². The molecule has 0 aromatic carbocycles. The minimum atomic E-state index is -0.634. The zero-order valence-corrected chi connectivity index (χ0v) is 8.51. The Morgan fingerprint density at radius 2 is 2.62 bits per heavy atom. The van der Waals surface area contributed by atoms with E-state index in [2.05, 4.69) is 6.07 Å². The molecule has 1 fully saturated rings. The zero-order valence-electron chi connectivity index (χ0n) is 7.69. The molecular formula is C10H14O2S. The molecule has 1 aromatic rings. The maximum Gasteiger partial charge on any atom is 0.0975 e. The summed E-state index contributed by atoms with van der Waals surface area (Å²) in [5.74, 6) is 0. The summed E-state index contributed by atoms with van der Waals surface area (Å²) < 4.78 is 5.37. The second-order valence-electron chi connectivity index (χ2n) is 3.62. The molecule has 2 rings (SSSR count). The third-order valence-corrected chi connectivity index (χ3v) is 3.60. The third-order valence-electron chi connectivity index (χ3n) is 2.72. The SMILES string of the molecule is CC1OCCC1(O)Cc1cccs1. The second-order valence-corrected chi connectivity index (χ2v) is 4.65. The van der Waals surface area contributed by atoms with Gasteiger partial charge in [0.2, 0.25) is 0 Å². The van der Waals surface area contributed by atoms with E-state index in [4.69, 9.17) is 4.74 Å². The minimum absolute atomic E-state index is 0.0328. The van der Waals surface area contributed by atoms with Gasteiger partial charge in [-0.1, -0.05) is 6.07 Å². The molecule has 0 amide bonds. The maximum atomic E-state index is 10.2. The summed E-state index contributed by atoms with van der Waals surface area (Å²) in [6.07, 6.45) is 1.45. The molecule has 0 bridgehead atoms. The van der Waals surface area contributed by atoms with Crippen LogP contribution in [0, 0.1) is 0 Å². The highest BCUT2D eigenvalue weighted by Crippen LogP contribution is 2.30. The van der Waals surface area contributed by atoms with Crippen LogP contribution in [0.25, 0.3) is 0 Å². The van der Waals surface area contributed by atoms with Crippen LogP contribution in [0.5, 0.6) is 0 Å². The molecule has 1 aliphatic heterocycles. The van der Waals surface area contributed by atoms with Crippen molar-refractivity contribution in [2.75, 3.05) is 6.61 Å². The highest BCUT2D eigenvalue weighted by molar-refractivity contribution is 7.09. The summed E-state index contributed by atoms with van der Waals surface area (Å²) in [7, 11) is 0. The first-order valence-electron chi connectivity index (χ1n) is 4.57. The maximum absolute atomic E-state index is 10.2. The fraction of sp³-hybridized carbons (Fsp3) is 0.600. The van der Waals surface area contributed by atoms with E-state index in [1.807, 2.05) is 18.4 Å². The molecular weight excluding hydrogens is 184 g/mol. The van der Waals surface area contributed by atoms with Gasteiger partial charge in [-0.2, -0.15) is 0 Å². The molecule has 2 unspecified atom stereocenters. The fourth-order valence-corrected chi connectivity index (χ4v) is 2.54. The van der Waals surface area contributed by atoms with E-state index < -0.39 is 5.60 Å². The molecule has 2 atom stereocenters. The summed E-state index contributed by atoms with van der Waals surface area (Å²) in [5, 5.41) is 12.3. The predicted octanol–water partition coefficient (Wildman–Crippen LogP) is 1.83. The average Bonchev–Trinajstić information content (AvgIpc) is 2.65. The molecule has 1 N–H and O–H groups in total. The van der Waals surface area contributed by atoms with Gasteiger partial charge in [-0.15, -0.1) is 11.3 Å². The first kappa shape index (κ1) is 9.19. The van der Waals surface area contributed by atoms with Crippen molar-refractivity contribution >= 4 is 11.3 Å². The topological polar surface area (TPSA) is 29.5 Å². The van der Waals surface area contributed by atoms with Crippen LogP contribution >= 0.6 is 11.3 Å². The lowest BCUT2D eigenvalue weighted by Crippen LogP contribution is -2.38. The molecule has 0 radical (unpaired) electrons. The Kier molecular flexibility index (Phi) is 2.41. The van der Waals surface area contributed by atoms with Crippen LogP contribution in [0.4, 0.5) is 0 Å². The molecule has 2 heterocycles. The van der Waals surface area contributed by atoms with Crippen molar-refractivity contribution in [1.29, 1.82) is 0 Å². The summed E-state index contributed by atoms with van der Waals surface area (Å²) >= 11 is 1.69. The lowest BCUT2D eigenvalue weighted by molar-refractivity contribution is -0.0263. The van der Waals surface area contributed by atoms with Gasteiger partial charge in [0.1, 0.15) is 0 Å². The van der Waals surface area contributed by atoms with E-state index in [0.717, 1.165) is 12.8 Å². The number of hydrogen-bond acceptors (Lipinski definition) is 3. The van der Waals surface area contributed by atoms with Crippen LogP contribution < -0.4 is 0 Å². The zero-order chi connectivity index (χ0) is 9.31. The van der Waals surface area contributed by atoms with E-state index in [1.54, 1.807) is 11.3 Å². The van der Waals surface area contributed by atoms with Crippen molar-refractivity contribution in [1.82, 2.24) is 0 Å². The normalized spacial score (nSPS) is 33.8. The average molecular weight is 198 g/mol. The Labute approximate surface area is 82.2 Å². The summed E-state index contributed by atoms with van der Waals surface area (Å²) in [4.78, 5) is 1.24. The van der Waals surface area contributed by atoms with Gasteiger partial charge in [0, 0.05) is 24.3 Å².